The van der Waals surface area contributed by atoms with Crippen LogP contribution in [-0.4, -0.2) is 5.11 Å². The van der Waals surface area contributed by atoms with Crippen LogP contribution in [0.25, 0.3) is 10.8 Å². The molecule has 0 aliphatic rings. The number of ether oxygens (including phenoxy) is 1. The highest BCUT2D eigenvalue weighted by molar-refractivity contribution is 5.83. The molecule has 0 amide bonds. The van der Waals surface area contributed by atoms with Crippen molar-refractivity contribution in [1.29, 1.82) is 0 Å². The molecular weight excluding hydrogens is 236 g/mol. The zero-order valence-corrected chi connectivity index (χ0v) is 10.4. The van der Waals surface area contributed by atoms with Crippen molar-refractivity contribution in [3.05, 3.63) is 72.3 Å². The third-order valence-corrected chi connectivity index (χ3v) is 3.04. The van der Waals surface area contributed by atoms with Crippen LogP contribution in [0.1, 0.15) is 5.56 Å². The molecule has 2 nitrogen and oxygen atoms in total. The van der Waals surface area contributed by atoms with Crippen molar-refractivity contribution >= 4 is 10.8 Å². The van der Waals surface area contributed by atoms with Gasteiger partial charge in [-0.05, 0) is 40.6 Å². The second kappa shape index (κ2) is 5.12. The molecule has 0 saturated heterocycles. The molecule has 19 heavy (non-hydrogen) atoms. The minimum absolute atomic E-state index is 0.0227. The number of hydrogen-bond acceptors (Lipinski definition) is 2. The summed E-state index contributed by atoms with van der Waals surface area (Å²) in [6.07, 6.45) is 0. The number of aliphatic hydroxyl groups is 1. The van der Waals surface area contributed by atoms with E-state index in [0.29, 0.717) is 0 Å². The fourth-order valence-corrected chi connectivity index (χ4v) is 2.07. The molecule has 0 fully saturated rings. The lowest BCUT2D eigenvalue weighted by molar-refractivity contribution is 0.281. The van der Waals surface area contributed by atoms with E-state index in [4.69, 9.17) is 9.84 Å². The number of aliphatic hydroxyl groups excluding tert-OH is 1. The standard InChI is InChI=1S/C17H14O2/c18-12-13-4-3-7-16(10-13)19-17-9-8-14-5-1-2-6-15(14)11-17/h1-11,18H,12H2. The minimum atomic E-state index is 0.0227. The molecule has 3 aromatic rings. The van der Waals surface area contributed by atoms with Crippen LogP contribution in [0.5, 0.6) is 11.5 Å². The maximum atomic E-state index is 9.11. The van der Waals surface area contributed by atoms with E-state index in [0.717, 1.165) is 22.4 Å². The largest absolute Gasteiger partial charge is 0.457 e. The zero-order chi connectivity index (χ0) is 13.1. The molecular formula is C17H14O2. The molecule has 3 aromatic carbocycles. The van der Waals surface area contributed by atoms with Crippen LogP contribution < -0.4 is 4.74 Å². The first-order valence-electron chi connectivity index (χ1n) is 6.21. The predicted molar refractivity (Wildman–Crippen MR) is 76.4 cm³/mol. The summed E-state index contributed by atoms with van der Waals surface area (Å²) in [6, 6.07) is 21.7. The third-order valence-electron chi connectivity index (χ3n) is 3.04. The van der Waals surface area contributed by atoms with Crippen molar-refractivity contribution < 1.29 is 9.84 Å². The smallest absolute Gasteiger partial charge is 0.128 e. The third kappa shape index (κ3) is 2.59. The van der Waals surface area contributed by atoms with Gasteiger partial charge in [0.05, 0.1) is 6.61 Å². The molecule has 0 bridgehead atoms. The van der Waals surface area contributed by atoms with E-state index in [-0.39, 0.29) is 6.61 Å². The minimum Gasteiger partial charge on any atom is -0.457 e. The van der Waals surface area contributed by atoms with Gasteiger partial charge in [0.15, 0.2) is 0 Å². The number of rotatable bonds is 3. The summed E-state index contributed by atoms with van der Waals surface area (Å²) in [4.78, 5) is 0. The van der Waals surface area contributed by atoms with Gasteiger partial charge in [-0.2, -0.15) is 0 Å². The summed E-state index contributed by atoms with van der Waals surface area (Å²) in [5.74, 6) is 1.54. The Bertz CT molecular complexity index is 704. The van der Waals surface area contributed by atoms with Gasteiger partial charge in [0, 0.05) is 0 Å². The molecule has 94 valence electrons. The molecule has 0 aliphatic carbocycles. The average Bonchev–Trinajstić information content (AvgIpc) is 2.47. The highest BCUT2D eigenvalue weighted by Crippen LogP contribution is 2.26. The van der Waals surface area contributed by atoms with Gasteiger partial charge in [-0.15, -0.1) is 0 Å². The number of hydrogen-bond donors (Lipinski definition) is 1. The van der Waals surface area contributed by atoms with E-state index < -0.39 is 0 Å². The lowest BCUT2D eigenvalue weighted by Crippen LogP contribution is -1.87. The summed E-state index contributed by atoms with van der Waals surface area (Å²) < 4.78 is 5.82. The Kier molecular flexibility index (Phi) is 3.17. The molecule has 3 rings (SSSR count). The van der Waals surface area contributed by atoms with E-state index in [2.05, 4.69) is 12.1 Å². The summed E-state index contributed by atoms with van der Waals surface area (Å²) in [7, 11) is 0. The quantitative estimate of drug-likeness (QED) is 0.757. The lowest BCUT2D eigenvalue weighted by Gasteiger charge is -2.08. The van der Waals surface area contributed by atoms with E-state index >= 15 is 0 Å². The Hall–Kier alpha value is -2.32. The molecule has 0 aromatic heterocycles. The maximum absolute atomic E-state index is 9.11. The summed E-state index contributed by atoms with van der Waals surface area (Å²) in [5, 5.41) is 11.5. The summed E-state index contributed by atoms with van der Waals surface area (Å²) >= 11 is 0. The van der Waals surface area contributed by atoms with E-state index in [1.807, 2.05) is 54.6 Å². The monoisotopic (exact) mass is 250 g/mol. The van der Waals surface area contributed by atoms with E-state index in [1.54, 1.807) is 0 Å². The van der Waals surface area contributed by atoms with Crippen molar-refractivity contribution in [2.45, 2.75) is 6.61 Å². The Morgan fingerprint density at radius 2 is 1.53 bits per heavy atom. The first-order chi connectivity index (χ1) is 9.35. The van der Waals surface area contributed by atoms with Gasteiger partial charge in [0.25, 0.3) is 0 Å². The van der Waals surface area contributed by atoms with Gasteiger partial charge in [-0.25, -0.2) is 0 Å². The van der Waals surface area contributed by atoms with Gasteiger partial charge in [-0.1, -0.05) is 42.5 Å². The van der Waals surface area contributed by atoms with Gasteiger partial charge < -0.3 is 9.84 Å². The summed E-state index contributed by atoms with van der Waals surface area (Å²) in [6.45, 7) is 0.0227. The van der Waals surface area contributed by atoms with E-state index in [9.17, 15) is 0 Å². The molecule has 0 saturated carbocycles. The Morgan fingerprint density at radius 3 is 2.37 bits per heavy atom. The summed E-state index contributed by atoms with van der Waals surface area (Å²) in [5.41, 5.74) is 0.846. The first-order valence-corrected chi connectivity index (χ1v) is 6.21. The highest BCUT2D eigenvalue weighted by Gasteiger charge is 2.00. The Balaban J connectivity index is 1.92. The van der Waals surface area contributed by atoms with Crippen LogP contribution >= 0.6 is 0 Å². The van der Waals surface area contributed by atoms with Gasteiger partial charge >= 0.3 is 0 Å². The molecule has 1 N–H and O–H groups in total. The number of benzene rings is 3. The number of fused-ring (bicyclic) bond motifs is 1. The van der Waals surface area contributed by atoms with Crippen molar-refractivity contribution in [1.82, 2.24) is 0 Å². The van der Waals surface area contributed by atoms with Crippen molar-refractivity contribution in [3.8, 4) is 11.5 Å². The van der Waals surface area contributed by atoms with Crippen LogP contribution in [0.2, 0.25) is 0 Å². The second-order valence-corrected chi connectivity index (χ2v) is 4.42. The van der Waals surface area contributed by atoms with Crippen molar-refractivity contribution in [2.75, 3.05) is 0 Å². The first kappa shape index (κ1) is 11.8. The van der Waals surface area contributed by atoms with Crippen molar-refractivity contribution in [3.63, 3.8) is 0 Å². The van der Waals surface area contributed by atoms with Crippen LogP contribution in [0.3, 0.4) is 0 Å². The average molecular weight is 250 g/mol. The van der Waals surface area contributed by atoms with Gasteiger partial charge in [0.2, 0.25) is 0 Å². The van der Waals surface area contributed by atoms with Crippen LogP contribution in [0.15, 0.2) is 66.7 Å². The van der Waals surface area contributed by atoms with Gasteiger partial charge in [0.1, 0.15) is 11.5 Å². The molecule has 2 heteroatoms. The molecule has 0 heterocycles. The Morgan fingerprint density at radius 1 is 0.737 bits per heavy atom. The van der Waals surface area contributed by atoms with Gasteiger partial charge in [-0.3, -0.25) is 0 Å². The topological polar surface area (TPSA) is 29.5 Å². The molecule has 0 aliphatic heterocycles. The van der Waals surface area contributed by atoms with Crippen molar-refractivity contribution in [2.24, 2.45) is 0 Å². The normalized spacial score (nSPS) is 10.6. The molecule has 0 radical (unpaired) electrons. The van der Waals surface area contributed by atoms with E-state index in [1.165, 1.54) is 5.39 Å². The van der Waals surface area contributed by atoms with Crippen LogP contribution in [-0.2, 0) is 6.61 Å². The fourth-order valence-electron chi connectivity index (χ4n) is 2.07. The molecule has 0 spiro atoms. The molecule has 0 unspecified atom stereocenters. The maximum Gasteiger partial charge on any atom is 0.128 e. The fraction of sp³-hybridized carbons (Fsp3) is 0.0588. The van der Waals surface area contributed by atoms with Crippen LogP contribution in [0.4, 0.5) is 0 Å². The zero-order valence-electron chi connectivity index (χ0n) is 10.4. The second-order valence-electron chi connectivity index (χ2n) is 4.42. The predicted octanol–water partition coefficient (Wildman–Crippen LogP) is 4.12. The lowest BCUT2D eigenvalue weighted by atomic mass is 10.1. The highest BCUT2D eigenvalue weighted by atomic mass is 16.5. The van der Waals surface area contributed by atoms with Crippen LogP contribution in [0, 0.1) is 0 Å². The Labute approximate surface area is 111 Å². The molecule has 0 atom stereocenters. The SMILES string of the molecule is OCc1cccc(Oc2ccc3ccccc3c2)c1.